The molecule has 1 N–H and O–H groups in total. The van der Waals surface area contributed by atoms with Crippen molar-refractivity contribution in [1.82, 2.24) is 5.32 Å². The smallest absolute Gasteiger partial charge is 0.123 e. The lowest BCUT2D eigenvalue weighted by Gasteiger charge is -2.38. The normalized spacial score (nSPS) is 23.5. The van der Waals surface area contributed by atoms with E-state index in [0.717, 1.165) is 24.1 Å². The Hall–Kier alpha value is -1.02. The minimum Gasteiger partial charge on any atom is -0.496 e. The molecule has 0 amide bonds. The van der Waals surface area contributed by atoms with Crippen LogP contribution >= 0.6 is 0 Å². The Balaban J connectivity index is 1.79. The molecule has 0 atom stereocenters. The van der Waals surface area contributed by atoms with Gasteiger partial charge in [-0.25, -0.2) is 0 Å². The summed E-state index contributed by atoms with van der Waals surface area (Å²) in [7, 11) is 1.73. The van der Waals surface area contributed by atoms with Gasteiger partial charge in [0.15, 0.2) is 0 Å². The predicted octanol–water partition coefficient (Wildman–Crippen LogP) is 3.22. The quantitative estimate of drug-likeness (QED) is 0.843. The zero-order valence-corrected chi connectivity index (χ0v) is 11.1. The van der Waals surface area contributed by atoms with Crippen LogP contribution < -0.4 is 10.1 Å². The minimum absolute atomic E-state index is 0.701. The van der Waals surface area contributed by atoms with Crippen molar-refractivity contribution in [3.8, 4) is 5.75 Å². The Labute approximate surface area is 104 Å². The van der Waals surface area contributed by atoms with E-state index in [2.05, 4.69) is 31.3 Å². The molecule has 2 rings (SSSR count). The lowest BCUT2D eigenvalue weighted by Crippen LogP contribution is -2.42. The SMILES string of the molecule is COc1ccccc1CNC1CC(C(C)C)C1. The Morgan fingerprint density at radius 3 is 2.65 bits per heavy atom. The molecule has 0 heterocycles. The second-order valence-corrected chi connectivity index (χ2v) is 5.37. The van der Waals surface area contributed by atoms with Crippen LogP contribution in [0.1, 0.15) is 32.3 Å². The maximum absolute atomic E-state index is 5.35. The molecule has 0 aliphatic heterocycles. The van der Waals surface area contributed by atoms with Gasteiger partial charge in [-0.2, -0.15) is 0 Å². The molecule has 0 unspecified atom stereocenters. The monoisotopic (exact) mass is 233 g/mol. The van der Waals surface area contributed by atoms with Crippen molar-refractivity contribution in [3.05, 3.63) is 29.8 Å². The first-order valence-electron chi connectivity index (χ1n) is 6.56. The van der Waals surface area contributed by atoms with Gasteiger partial charge < -0.3 is 10.1 Å². The van der Waals surface area contributed by atoms with Gasteiger partial charge >= 0.3 is 0 Å². The van der Waals surface area contributed by atoms with Crippen LogP contribution in [0.5, 0.6) is 5.75 Å². The highest BCUT2D eigenvalue weighted by Gasteiger charge is 2.30. The molecule has 1 aromatic carbocycles. The number of methoxy groups -OCH3 is 1. The summed E-state index contributed by atoms with van der Waals surface area (Å²) >= 11 is 0. The van der Waals surface area contributed by atoms with Crippen molar-refractivity contribution in [2.75, 3.05) is 7.11 Å². The predicted molar refractivity (Wildman–Crippen MR) is 71.2 cm³/mol. The highest BCUT2D eigenvalue weighted by Crippen LogP contribution is 2.33. The van der Waals surface area contributed by atoms with Crippen molar-refractivity contribution in [2.24, 2.45) is 11.8 Å². The van der Waals surface area contributed by atoms with E-state index in [9.17, 15) is 0 Å². The first kappa shape index (κ1) is 12.4. The Kier molecular flexibility index (Phi) is 4.06. The number of hydrogen-bond acceptors (Lipinski definition) is 2. The number of benzene rings is 1. The number of para-hydroxylation sites is 1. The first-order valence-corrected chi connectivity index (χ1v) is 6.56. The van der Waals surface area contributed by atoms with Crippen molar-refractivity contribution < 1.29 is 4.74 Å². The third-order valence-corrected chi connectivity index (χ3v) is 3.89. The van der Waals surface area contributed by atoms with Gasteiger partial charge in [-0.05, 0) is 30.7 Å². The molecular formula is C15H23NO. The molecule has 0 saturated heterocycles. The molecule has 0 spiro atoms. The average Bonchev–Trinajstić information content (AvgIpc) is 2.27. The summed E-state index contributed by atoms with van der Waals surface area (Å²) in [6.07, 6.45) is 2.65. The van der Waals surface area contributed by atoms with E-state index < -0.39 is 0 Å². The van der Waals surface area contributed by atoms with E-state index in [1.807, 2.05) is 12.1 Å². The third-order valence-electron chi connectivity index (χ3n) is 3.89. The van der Waals surface area contributed by atoms with Crippen LogP contribution in [0.3, 0.4) is 0 Å². The van der Waals surface area contributed by atoms with Crippen molar-refractivity contribution in [2.45, 2.75) is 39.3 Å². The molecule has 0 aromatic heterocycles. The van der Waals surface area contributed by atoms with Crippen LogP contribution in [0.2, 0.25) is 0 Å². The molecule has 1 aromatic rings. The summed E-state index contributed by atoms with van der Waals surface area (Å²) in [5.41, 5.74) is 1.25. The molecule has 1 fully saturated rings. The van der Waals surface area contributed by atoms with Crippen LogP contribution in [-0.2, 0) is 6.54 Å². The Bertz CT molecular complexity index is 356. The topological polar surface area (TPSA) is 21.3 Å². The Morgan fingerprint density at radius 1 is 1.29 bits per heavy atom. The van der Waals surface area contributed by atoms with Crippen molar-refractivity contribution in [3.63, 3.8) is 0 Å². The van der Waals surface area contributed by atoms with Gasteiger partial charge in [-0.15, -0.1) is 0 Å². The van der Waals surface area contributed by atoms with Crippen molar-refractivity contribution >= 4 is 0 Å². The lowest BCUT2D eigenvalue weighted by atomic mass is 9.73. The summed E-state index contributed by atoms with van der Waals surface area (Å²) < 4.78 is 5.35. The standard InChI is InChI=1S/C15H23NO/c1-11(2)13-8-14(9-13)16-10-12-6-4-5-7-15(12)17-3/h4-7,11,13-14,16H,8-10H2,1-3H3. The zero-order valence-electron chi connectivity index (χ0n) is 11.1. The van der Waals surface area contributed by atoms with E-state index in [4.69, 9.17) is 4.74 Å². The van der Waals surface area contributed by atoms with Crippen LogP contribution in [0.4, 0.5) is 0 Å². The number of ether oxygens (including phenoxy) is 1. The summed E-state index contributed by atoms with van der Waals surface area (Å²) in [5, 5.41) is 3.61. The van der Waals surface area contributed by atoms with Crippen LogP contribution in [0, 0.1) is 11.8 Å². The average molecular weight is 233 g/mol. The van der Waals surface area contributed by atoms with E-state index in [1.54, 1.807) is 7.11 Å². The Morgan fingerprint density at radius 2 is 2.00 bits per heavy atom. The van der Waals surface area contributed by atoms with Crippen LogP contribution in [0.25, 0.3) is 0 Å². The summed E-state index contributed by atoms with van der Waals surface area (Å²) in [5.74, 6) is 2.74. The molecule has 0 radical (unpaired) electrons. The van der Waals surface area contributed by atoms with Gasteiger partial charge in [0, 0.05) is 18.2 Å². The summed E-state index contributed by atoms with van der Waals surface area (Å²) in [6.45, 7) is 5.56. The number of hydrogen-bond donors (Lipinski definition) is 1. The fraction of sp³-hybridized carbons (Fsp3) is 0.600. The van der Waals surface area contributed by atoms with E-state index in [0.29, 0.717) is 6.04 Å². The maximum Gasteiger partial charge on any atom is 0.123 e. The maximum atomic E-state index is 5.35. The molecule has 1 aliphatic rings. The van der Waals surface area contributed by atoms with Gasteiger partial charge in [0.2, 0.25) is 0 Å². The van der Waals surface area contributed by atoms with E-state index in [1.165, 1.54) is 18.4 Å². The van der Waals surface area contributed by atoms with Crippen LogP contribution in [-0.4, -0.2) is 13.2 Å². The molecular weight excluding hydrogens is 210 g/mol. The minimum atomic E-state index is 0.701. The van der Waals surface area contributed by atoms with Gasteiger partial charge in [0.05, 0.1) is 7.11 Å². The lowest BCUT2D eigenvalue weighted by molar-refractivity contribution is 0.167. The fourth-order valence-corrected chi connectivity index (χ4v) is 2.48. The van der Waals surface area contributed by atoms with Gasteiger partial charge in [0.25, 0.3) is 0 Å². The van der Waals surface area contributed by atoms with E-state index >= 15 is 0 Å². The molecule has 0 bridgehead atoms. The molecule has 2 heteroatoms. The zero-order chi connectivity index (χ0) is 12.3. The second kappa shape index (κ2) is 5.54. The van der Waals surface area contributed by atoms with Crippen molar-refractivity contribution in [1.29, 1.82) is 0 Å². The van der Waals surface area contributed by atoms with Gasteiger partial charge in [-0.1, -0.05) is 32.0 Å². The highest BCUT2D eigenvalue weighted by atomic mass is 16.5. The first-order chi connectivity index (χ1) is 8.20. The molecule has 1 aliphatic carbocycles. The molecule has 2 nitrogen and oxygen atoms in total. The summed E-state index contributed by atoms with van der Waals surface area (Å²) in [4.78, 5) is 0. The van der Waals surface area contributed by atoms with Gasteiger partial charge in [-0.3, -0.25) is 0 Å². The molecule has 17 heavy (non-hydrogen) atoms. The van der Waals surface area contributed by atoms with Crippen LogP contribution in [0.15, 0.2) is 24.3 Å². The third kappa shape index (κ3) is 3.01. The number of rotatable bonds is 5. The second-order valence-electron chi connectivity index (χ2n) is 5.37. The number of nitrogens with one attached hydrogen (secondary N) is 1. The highest BCUT2D eigenvalue weighted by molar-refractivity contribution is 5.33. The summed E-state index contributed by atoms with van der Waals surface area (Å²) in [6, 6.07) is 8.93. The van der Waals surface area contributed by atoms with Gasteiger partial charge in [0.1, 0.15) is 5.75 Å². The van der Waals surface area contributed by atoms with E-state index in [-0.39, 0.29) is 0 Å². The molecule has 1 saturated carbocycles. The fourth-order valence-electron chi connectivity index (χ4n) is 2.48. The largest absolute Gasteiger partial charge is 0.496 e. The molecule has 94 valence electrons.